The Hall–Kier alpha value is -0.610. The first-order valence-electron chi connectivity index (χ1n) is 8.32. The van der Waals surface area contributed by atoms with E-state index in [0.29, 0.717) is 19.0 Å². The molecule has 2 unspecified atom stereocenters. The predicted molar refractivity (Wildman–Crippen MR) is 83.1 cm³/mol. The Morgan fingerprint density at radius 2 is 2.10 bits per heavy atom. The largest absolute Gasteiger partial charge is 0.480 e. The summed E-state index contributed by atoms with van der Waals surface area (Å²) in [5, 5.41) is 12.7. The van der Waals surface area contributed by atoms with Crippen LogP contribution in [0.25, 0.3) is 0 Å². The number of rotatable bonds is 9. The number of piperidine rings is 1. The van der Waals surface area contributed by atoms with Crippen molar-refractivity contribution in [2.24, 2.45) is 0 Å². The van der Waals surface area contributed by atoms with E-state index in [1.165, 1.54) is 32.2 Å². The van der Waals surface area contributed by atoms with Gasteiger partial charge in [0.05, 0.1) is 0 Å². The van der Waals surface area contributed by atoms with Gasteiger partial charge in [-0.3, -0.25) is 4.79 Å². The third-order valence-corrected chi connectivity index (χ3v) is 4.80. The summed E-state index contributed by atoms with van der Waals surface area (Å²) in [5.41, 5.74) is -0.730. The molecule has 2 atom stereocenters. The molecule has 0 radical (unpaired) electrons. The van der Waals surface area contributed by atoms with Crippen LogP contribution in [-0.2, 0) is 4.79 Å². The molecular formula is C16H32N2O2. The van der Waals surface area contributed by atoms with Crippen LogP contribution in [0.5, 0.6) is 0 Å². The van der Waals surface area contributed by atoms with Gasteiger partial charge >= 0.3 is 5.97 Å². The van der Waals surface area contributed by atoms with E-state index in [9.17, 15) is 9.90 Å². The summed E-state index contributed by atoms with van der Waals surface area (Å²) in [5.74, 6) is -0.701. The van der Waals surface area contributed by atoms with Gasteiger partial charge < -0.3 is 15.3 Å². The van der Waals surface area contributed by atoms with Gasteiger partial charge in [-0.25, -0.2) is 0 Å². The lowest BCUT2D eigenvalue weighted by atomic mass is 9.89. The molecule has 0 aliphatic carbocycles. The molecule has 0 spiro atoms. The molecule has 0 aromatic rings. The van der Waals surface area contributed by atoms with Gasteiger partial charge in [0.15, 0.2) is 0 Å². The standard InChI is InChI=1S/C16H32N2O2/c1-4-14-10-7-8-12-18(14)13-9-11-16(5-2,15(19)20)17-6-3/h14,17H,4-13H2,1-3H3,(H,19,20). The second-order valence-corrected chi connectivity index (χ2v) is 5.97. The fourth-order valence-electron chi connectivity index (χ4n) is 3.46. The number of carboxylic acids is 1. The zero-order valence-electron chi connectivity index (χ0n) is 13.5. The molecule has 1 aliphatic rings. The SMILES string of the molecule is CCNC(CC)(CCCN1CCCCC1CC)C(=O)O. The summed E-state index contributed by atoms with van der Waals surface area (Å²) in [6, 6.07) is 0.712. The lowest BCUT2D eigenvalue weighted by molar-refractivity contribution is -0.145. The van der Waals surface area contributed by atoms with Gasteiger partial charge in [-0.05, 0) is 58.2 Å². The number of aliphatic carboxylic acids is 1. The molecule has 0 aromatic carbocycles. The highest BCUT2D eigenvalue weighted by Crippen LogP contribution is 2.22. The van der Waals surface area contributed by atoms with Crippen molar-refractivity contribution in [3.63, 3.8) is 0 Å². The number of likely N-dealkylation sites (tertiary alicyclic amines) is 1. The molecule has 1 saturated heterocycles. The first-order chi connectivity index (χ1) is 9.59. The van der Waals surface area contributed by atoms with E-state index in [4.69, 9.17) is 0 Å². The molecular weight excluding hydrogens is 252 g/mol. The summed E-state index contributed by atoms with van der Waals surface area (Å²) in [4.78, 5) is 14.1. The van der Waals surface area contributed by atoms with Crippen molar-refractivity contribution in [3.8, 4) is 0 Å². The highest BCUT2D eigenvalue weighted by Gasteiger charge is 2.35. The van der Waals surface area contributed by atoms with Crippen molar-refractivity contribution in [2.45, 2.75) is 77.3 Å². The number of nitrogens with zero attached hydrogens (tertiary/aromatic N) is 1. The van der Waals surface area contributed by atoms with Crippen molar-refractivity contribution >= 4 is 5.97 Å². The van der Waals surface area contributed by atoms with E-state index in [1.807, 2.05) is 13.8 Å². The average molecular weight is 284 g/mol. The fourth-order valence-corrected chi connectivity index (χ4v) is 3.46. The summed E-state index contributed by atoms with van der Waals surface area (Å²) in [7, 11) is 0. The molecule has 20 heavy (non-hydrogen) atoms. The first-order valence-corrected chi connectivity index (χ1v) is 8.32. The number of hydrogen-bond acceptors (Lipinski definition) is 3. The van der Waals surface area contributed by atoms with E-state index in [2.05, 4.69) is 17.1 Å². The molecule has 118 valence electrons. The lowest BCUT2D eigenvalue weighted by Crippen LogP contribution is -2.52. The van der Waals surface area contributed by atoms with Crippen molar-refractivity contribution in [1.29, 1.82) is 0 Å². The third-order valence-electron chi connectivity index (χ3n) is 4.80. The van der Waals surface area contributed by atoms with Crippen LogP contribution < -0.4 is 5.32 Å². The topological polar surface area (TPSA) is 52.6 Å². The predicted octanol–water partition coefficient (Wildman–Crippen LogP) is 2.87. The minimum absolute atomic E-state index is 0.646. The highest BCUT2D eigenvalue weighted by atomic mass is 16.4. The summed E-state index contributed by atoms with van der Waals surface area (Å²) < 4.78 is 0. The monoisotopic (exact) mass is 284 g/mol. The van der Waals surface area contributed by atoms with Crippen molar-refractivity contribution < 1.29 is 9.90 Å². The Morgan fingerprint density at radius 1 is 1.35 bits per heavy atom. The van der Waals surface area contributed by atoms with Gasteiger partial charge in [-0.15, -0.1) is 0 Å². The van der Waals surface area contributed by atoms with Crippen molar-refractivity contribution in [3.05, 3.63) is 0 Å². The molecule has 1 fully saturated rings. The maximum Gasteiger partial charge on any atom is 0.323 e. The van der Waals surface area contributed by atoms with Crippen LogP contribution >= 0.6 is 0 Å². The van der Waals surface area contributed by atoms with Crippen molar-refractivity contribution in [1.82, 2.24) is 10.2 Å². The van der Waals surface area contributed by atoms with Crippen LogP contribution in [0, 0.1) is 0 Å². The summed E-state index contributed by atoms with van der Waals surface area (Å²) >= 11 is 0. The molecule has 1 aliphatic heterocycles. The van der Waals surface area contributed by atoms with Crippen LogP contribution in [0.2, 0.25) is 0 Å². The van der Waals surface area contributed by atoms with Crippen LogP contribution in [0.1, 0.15) is 65.7 Å². The molecule has 0 saturated carbocycles. The minimum Gasteiger partial charge on any atom is -0.480 e. The quantitative estimate of drug-likeness (QED) is 0.683. The number of carboxylic acid groups (broad SMARTS) is 1. The number of nitrogens with one attached hydrogen (secondary N) is 1. The molecule has 0 aromatic heterocycles. The first kappa shape index (κ1) is 17.4. The molecule has 4 nitrogen and oxygen atoms in total. The molecule has 0 amide bonds. The Balaban J connectivity index is 2.49. The van der Waals surface area contributed by atoms with Crippen LogP contribution in [0.4, 0.5) is 0 Å². The van der Waals surface area contributed by atoms with E-state index < -0.39 is 11.5 Å². The van der Waals surface area contributed by atoms with Crippen molar-refractivity contribution in [2.75, 3.05) is 19.6 Å². The normalized spacial score (nSPS) is 23.4. The zero-order chi connectivity index (χ0) is 15.0. The maximum absolute atomic E-state index is 11.6. The summed E-state index contributed by atoms with van der Waals surface area (Å²) in [6.45, 7) is 9.14. The molecule has 0 bridgehead atoms. The van der Waals surface area contributed by atoms with Gasteiger partial charge in [0.2, 0.25) is 0 Å². The number of carbonyl (C=O) groups is 1. The molecule has 2 N–H and O–H groups in total. The van der Waals surface area contributed by atoms with Crippen LogP contribution in [0.15, 0.2) is 0 Å². The Morgan fingerprint density at radius 3 is 2.65 bits per heavy atom. The fraction of sp³-hybridized carbons (Fsp3) is 0.938. The average Bonchev–Trinajstić information content (AvgIpc) is 2.46. The van der Waals surface area contributed by atoms with Gasteiger partial charge in [0.1, 0.15) is 5.54 Å². The summed E-state index contributed by atoms with van der Waals surface area (Å²) in [6.07, 6.45) is 7.49. The van der Waals surface area contributed by atoms with Gasteiger partial charge in [0, 0.05) is 6.04 Å². The highest BCUT2D eigenvalue weighted by molar-refractivity contribution is 5.78. The third kappa shape index (κ3) is 4.45. The van der Waals surface area contributed by atoms with Gasteiger partial charge in [0.25, 0.3) is 0 Å². The Labute approximate surface area is 123 Å². The van der Waals surface area contributed by atoms with Crippen LogP contribution in [-0.4, -0.2) is 47.2 Å². The minimum atomic E-state index is -0.730. The smallest absolute Gasteiger partial charge is 0.323 e. The molecule has 4 heteroatoms. The lowest BCUT2D eigenvalue weighted by Gasteiger charge is -2.36. The van der Waals surface area contributed by atoms with E-state index >= 15 is 0 Å². The van der Waals surface area contributed by atoms with E-state index in [0.717, 1.165) is 19.4 Å². The molecule has 1 rings (SSSR count). The zero-order valence-corrected chi connectivity index (χ0v) is 13.5. The second-order valence-electron chi connectivity index (χ2n) is 5.97. The van der Waals surface area contributed by atoms with E-state index in [-0.39, 0.29) is 0 Å². The molecule has 1 heterocycles. The number of likely N-dealkylation sites (N-methyl/N-ethyl adjacent to an activating group) is 1. The second kappa shape index (κ2) is 8.63. The van der Waals surface area contributed by atoms with Crippen LogP contribution in [0.3, 0.4) is 0 Å². The Kier molecular flexibility index (Phi) is 7.52. The maximum atomic E-state index is 11.6. The van der Waals surface area contributed by atoms with Gasteiger partial charge in [-0.2, -0.15) is 0 Å². The number of hydrogen-bond donors (Lipinski definition) is 2. The Bertz CT molecular complexity index is 296. The van der Waals surface area contributed by atoms with E-state index in [1.54, 1.807) is 0 Å². The van der Waals surface area contributed by atoms with Gasteiger partial charge in [-0.1, -0.05) is 27.2 Å².